The summed E-state index contributed by atoms with van der Waals surface area (Å²) in [5, 5.41) is 2.02. The van der Waals surface area contributed by atoms with Crippen molar-refractivity contribution >= 4 is 45.1 Å². The Kier molecular flexibility index (Phi) is 4.30. The van der Waals surface area contributed by atoms with Gasteiger partial charge in [0.15, 0.2) is 0 Å². The molecular weight excluding hydrogens is 342 g/mol. The van der Waals surface area contributed by atoms with Gasteiger partial charge in [-0.3, -0.25) is 14.5 Å². The van der Waals surface area contributed by atoms with E-state index in [-0.39, 0.29) is 17.6 Å². The van der Waals surface area contributed by atoms with Crippen LogP contribution in [-0.4, -0.2) is 39.0 Å². The van der Waals surface area contributed by atoms with Gasteiger partial charge in [0, 0.05) is 23.2 Å². The van der Waals surface area contributed by atoms with E-state index < -0.39 is 0 Å². The fourth-order valence-electron chi connectivity index (χ4n) is 3.48. The predicted octanol–water partition coefficient (Wildman–Crippen LogP) is 3.06. The number of hydrogen-bond donors (Lipinski definition) is 0. The van der Waals surface area contributed by atoms with E-state index in [1.807, 2.05) is 0 Å². The third-order valence-corrected chi connectivity index (χ3v) is 6.90. The summed E-state index contributed by atoms with van der Waals surface area (Å²) in [5.74, 6) is 0.832. The number of carbonyl (C=O) groups excluding carboxylic acids is 2. The van der Waals surface area contributed by atoms with Crippen molar-refractivity contribution < 1.29 is 9.59 Å². The first kappa shape index (κ1) is 16.0. The van der Waals surface area contributed by atoms with Crippen molar-refractivity contribution in [3.05, 3.63) is 16.8 Å². The summed E-state index contributed by atoms with van der Waals surface area (Å²) in [6, 6.07) is 0. The fraction of sp³-hybridized carbons (Fsp3) is 0.529. The van der Waals surface area contributed by atoms with E-state index in [4.69, 9.17) is 0 Å². The molecule has 126 valence electrons. The quantitative estimate of drug-likeness (QED) is 0.621. The maximum absolute atomic E-state index is 12.3. The van der Waals surface area contributed by atoms with E-state index in [2.05, 4.69) is 16.9 Å². The number of likely N-dealkylation sites (tertiary alicyclic amines) is 1. The molecule has 1 aliphatic carbocycles. The zero-order chi connectivity index (χ0) is 16.7. The molecule has 0 aromatic carbocycles. The summed E-state index contributed by atoms with van der Waals surface area (Å²) in [4.78, 5) is 36.7. The van der Waals surface area contributed by atoms with Crippen molar-refractivity contribution in [2.24, 2.45) is 5.92 Å². The van der Waals surface area contributed by atoms with Crippen molar-refractivity contribution in [3.63, 3.8) is 0 Å². The Hall–Kier alpha value is -1.47. The molecule has 4 rings (SSSR count). The number of thiophene rings is 1. The van der Waals surface area contributed by atoms with Crippen molar-refractivity contribution in [2.75, 3.05) is 12.3 Å². The highest BCUT2D eigenvalue weighted by atomic mass is 32.2. The third kappa shape index (κ3) is 2.84. The van der Waals surface area contributed by atoms with Crippen LogP contribution in [0, 0.1) is 5.92 Å². The van der Waals surface area contributed by atoms with Crippen molar-refractivity contribution in [2.45, 2.75) is 44.1 Å². The highest BCUT2D eigenvalue weighted by Crippen LogP contribution is 2.40. The number of imide groups is 1. The molecule has 0 N–H and O–H groups in total. The van der Waals surface area contributed by atoms with Gasteiger partial charge in [-0.05, 0) is 37.2 Å². The van der Waals surface area contributed by atoms with Gasteiger partial charge in [0.1, 0.15) is 16.2 Å². The number of rotatable bonds is 3. The van der Waals surface area contributed by atoms with Crippen molar-refractivity contribution in [1.82, 2.24) is 14.9 Å². The van der Waals surface area contributed by atoms with Gasteiger partial charge in [-0.1, -0.05) is 18.7 Å². The Morgan fingerprint density at radius 1 is 1.42 bits per heavy atom. The average Bonchev–Trinajstić information content (AvgIpc) is 3.15. The van der Waals surface area contributed by atoms with Crippen LogP contribution in [0.15, 0.2) is 11.4 Å². The second-order valence-electron chi connectivity index (χ2n) is 6.54. The summed E-state index contributed by atoms with van der Waals surface area (Å²) in [6.07, 6.45) is 6.23. The maximum atomic E-state index is 12.3. The van der Waals surface area contributed by atoms with E-state index in [1.54, 1.807) is 17.7 Å². The van der Waals surface area contributed by atoms with E-state index in [0.717, 1.165) is 40.4 Å². The van der Waals surface area contributed by atoms with Crippen LogP contribution in [0.1, 0.15) is 36.6 Å². The molecule has 5 nitrogen and oxygen atoms in total. The van der Waals surface area contributed by atoms with Crippen LogP contribution in [0.4, 0.5) is 0 Å². The summed E-state index contributed by atoms with van der Waals surface area (Å²) >= 11 is 3.20. The van der Waals surface area contributed by atoms with E-state index >= 15 is 0 Å². The van der Waals surface area contributed by atoms with Gasteiger partial charge in [0.25, 0.3) is 0 Å². The second kappa shape index (κ2) is 6.44. The lowest BCUT2D eigenvalue weighted by atomic mass is 9.89. The topological polar surface area (TPSA) is 63.2 Å². The van der Waals surface area contributed by atoms with Gasteiger partial charge in [-0.2, -0.15) is 0 Å². The number of hydrogen-bond acceptors (Lipinski definition) is 6. The molecule has 1 aliphatic heterocycles. The highest BCUT2D eigenvalue weighted by Gasteiger charge is 2.27. The zero-order valence-electron chi connectivity index (χ0n) is 13.6. The summed E-state index contributed by atoms with van der Waals surface area (Å²) < 4.78 is 0. The minimum Gasteiger partial charge on any atom is -0.282 e. The Morgan fingerprint density at radius 3 is 3.08 bits per heavy atom. The fourth-order valence-corrected chi connectivity index (χ4v) is 5.79. The molecule has 3 heterocycles. The molecule has 0 saturated carbocycles. The van der Waals surface area contributed by atoms with Crippen LogP contribution in [0.3, 0.4) is 0 Å². The number of aromatic nitrogens is 2. The molecule has 1 saturated heterocycles. The van der Waals surface area contributed by atoms with E-state index in [9.17, 15) is 9.59 Å². The van der Waals surface area contributed by atoms with Crippen molar-refractivity contribution in [3.8, 4) is 0 Å². The molecule has 2 aromatic rings. The minimum absolute atomic E-state index is 0.0460. The molecule has 2 aromatic heterocycles. The van der Waals surface area contributed by atoms with E-state index in [1.165, 1.54) is 33.5 Å². The molecule has 1 fully saturated rings. The van der Waals surface area contributed by atoms with Crippen LogP contribution >= 0.6 is 23.1 Å². The molecule has 1 atom stereocenters. The number of amides is 2. The molecule has 2 aliphatic rings. The smallest absolute Gasteiger partial charge is 0.239 e. The molecule has 7 heteroatoms. The summed E-state index contributed by atoms with van der Waals surface area (Å²) in [5.41, 5.74) is 1.38. The number of nitrogens with zero attached hydrogens (tertiary/aromatic N) is 3. The molecule has 0 bridgehead atoms. The monoisotopic (exact) mass is 361 g/mol. The molecular formula is C17H19N3O2S2. The van der Waals surface area contributed by atoms with Crippen LogP contribution in [0.5, 0.6) is 0 Å². The summed E-state index contributed by atoms with van der Waals surface area (Å²) in [7, 11) is 0. The van der Waals surface area contributed by atoms with Gasteiger partial charge in [0.2, 0.25) is 11.8 Å². The zero-order valence-corrected chi connectivity index (χ0v) is 15.2. The van der Waals surface area contributed by atoms with Gasteiger partial charge in [-0.15, -0.1) is 11.3 Å². The molecule has 2 amide bonds. The Labute approximate surface area is 148 Å². The standard InChI is InChI=1S/C17H19N3O2S2/c1-10-4-5-11-12(7-10)24-17-15(11)16(18-9-19-17)23-8-14(22)20-6-2-3-13(20)21/h9-10H,2-8H2,1H3/t10-/m1/s1. The van der Waals surface area contributed by atoms with Gasteiger partial charge in [-0.25, -0.2) is 9.97 Å². The Morgan fingerprint density at radius 2 is 2.29 bits per heavy atom. The Bertz CT molecular complexity index is 818. The van der Waals surface area contributed by atoms with E-state index in [0.29, 0.717) is 13.0 Å². The van der Waals surface area contributed by atoms with Crippen molar-refractivity contribution in [1.29, 1.82) is 0 Å². The Balaban J connectivity index is 1.58. The molecule has 0 radical (unpaired) electrons. The lowest BCUT2D eigenvalue weighted by Gasteiger charge is -2.18. The predicted molar refractivity (Wildman–Crippen MR) is 95.3 cm³/mol. The third-order valence-electron chi connectivity index (χ3n) is 4.76. The van der Waals surface area contributed by atoms with Crippen LogP contribution in [0.2, 0.25) is 0 Å². The first-order valence-corrected chi connectivity index (χ1v) is 10.1. The molecule has 0 unspecified atom stereocenters. The van der Waals surface area contributed by atoms with Gasteiger partial charge < -0.3 is 0 Å². The minimum atomic E-state index is -0.105. The lowest BCUT2D eigenvalue weighted by Crippen LogP contribution is -2.33. The largest absolute Gasteiger partial charge is 0.282 e. The van der Waals surface area contributed by atoms with Crippen LogP contribution in [-0.2, 0) is 22.4 Å². The van der Waals surface area contributed by atoms with Crippen LogP contribution < -0.4 is 0 Å². The number of fused-ring (bicyclic) bond motifs is 3. The van der Waals surface area contributed by atoms with Gasteiger partial charge in [0.05, 0.1) is 5.75 Å². The first-order chi connectivity index (χ1) is 11.6. The molecule has 24 heavy (non-hydrogen) atoms. The normalized spacial score (nSPS) is 20.6. The SMILES string of the molecule is C[C@@H]1CCc2c(sc3ncnc(SCC(=O)N4CCCC4=O)c23)C1. The number of aryl methyl sites for hydroxylation is 1. The average molecular weight is 361 g/mol. The second-order valence-corrected chi connectivity index (χ2v) is 8.59. The lowest BCUT2D eigenvalue weighted by molar-refractivity contribution is -0.140. The summed E-state index contributed by atoms with van der Waals surface area (Å²) in [6.45, 7) is 2.85. The number of carbonyl (C=O) groups is 2. The molecule has 0 spiro atoms. The highest BCUT2D eigenvalue weighted by molar-refractivity contribution is 8.00. The van der Waals surface area contributed by atoms with Gasteiger partial charge >= 0.3 is 0 Å². The maximum Gasteiger partial charge on any atom is 0.239 e. The van der Waals surface area contributed by atoms with Crippen LogP contribution in [0.25, 0.3) is 10.2 Å². The first-order valence-electron chi connectivity index (χ1n) is 8.34. The number of thioether (sulfide) groups is 1.